The number of nitro groups is 1. The van der Waals surface area contributed by atoms with Crippen LogP contribution in [0.5, 0.6) is 0 Å². The highest BCUT2D eigenvalue weighted by Gasteiger charge is 2.22. The minimum absolute atomic E-state index is 0.0371. The molecule has 5 heteroatoms. The molecule has 0 saturated carbocycles. The second-order valence-corrected chi connectivity index (χ2v) is 5.13. The van der Waals surface area contributed by atoms with Gasteiger partial charge in [0.05, 0.1) is 16.0 Å². The molecule has 3 aromatic rings. The Balaban J connectivity index is 2.51. The topological polar surface area (TPSA) is 56.0 Å². The van der Waals surface area contributed by atoms with Crippen LogP contribution in [0.1, 0.15) is 5.56 Å². The van der Waals surface area contributed by atoms with Crippen LogP contribution < -0.4 is 0 Å². The van der Waals surface area contributed by atoms with Crippen LogP contribution in [-0.4, -0.2) is 9.91 Å². The number of halogens is 1. The van der Waals surface area contributed by atoms with E-state index in [1.165, 1.54) is 6.20 Å². The summed E-state index contributed by atoms with van der Waals surface area (Å²) in [6.07, 6.45) is 1.29. The third-order valence-electron chi connectivity index (χ3n) is 3.42. The summed E-state index contributed by atoms with van der Waals surface area (Å²) in [5, 5.41) is 12.6. The molecule has 0 atom stereocenters. The first-order valence-corrected chi connectivity index (χ1v) is 6.75. The first-order valence-electron chi connectivity index (χ1n) is 6.37. The number of fused-ring (bicyclic) bond motifs is 1. The van der Waals surface area contributed by atoms with Gasteiger partial charge in [-0.2, -0.15) is 0 Å². The molecule has 2 aromatic carbocycles. The molecule has 0 amide bonds. The fraction of sp³-hybridized carbons (Fsp3) is 0.0625. The van der Waals surface area contributed by atoms with Crippen LogP contribution in [0.25, 0.3) is 22.0 Å². The molecular weight excluding hydrogens is 288 g/mol. The molecule has 0 aliphatic heterocycles. The maximum atomic E-state index is 11.4. The van der Waals surface area contributed by atoms with Crippen LogP contribution in [0.15, 0.2) is 48.7 Å². The molecule has 1 aromatic heterocycles. The summed E-state index contributed by atoms with van der Waals surface area (Å²) >= 11 is 6.25. The number of nitrogens with zero attached hydrogens (tertiary/aromatic N) is 2. The van der Waals surface area contributed by atoms with Crippen molar-refractivity contribution in [3.63, 3.8) is 0 Å². The molecule has 0 radical (unpaired) electrons. The van der Waals surface area contributed by atoms with Crippen LogP contribution in [0, 0.1) is 17.0 Å². The Hall–Kier alpha value is -2.46. The zero-order valence-corrected chi connectivity index (χ0v) is 12.0. The maximum absolute atomic E-state index is 11.4. The summed E-state index contributed by atoms with van der Waals surface area (Å²) in [6, 6.07) is 12.8. The molecule has 4 nitrogen and oxygen atoms in total. The second kappa shape index (κ2) is 5.14. The maximum Gasteiger partial charge on any atom is 0.296 e. The lowest BCUT2D eigenvalue weighted by atomic mass is 9.96. The molecule has 0 unspecified atom stereocenters. The molecule has 0 saturated heterocycles. The van der Waals surface area contributed by atoms with Gasteiger partial charge in [0.15, 0.2) is 0 Å². The van der Waals surface area contributed by atoms with Gasteiger partial charge in [-0.05, 0) is 24.6 Å². The third-order valence-corrected chi connectivity index (χ3v) is 3.75. The predicted octanol–water partition coefficient (Wildman–Crippen LogP) is 4.77. The van der Waals surface area contributed by atoms with Gasteiger partial charge in [0.2, 0.25) is 0 Å². The lowest BCUT2D eigenvalue weighted by Gasteiger charge is -2.11. The number of hydrogen-bond donors (Lipinski definition) is 0. The summed E-state index contributed by atoms with van der Waals surface area (Å²) in [6.45, 7) is 1.91. The Labute approximate surface area is 126 Å². The first kappa shape index (κ1) is 13.5. The van der Waals surface area contributed by atoms with Gasteiger partial charge in [-0.25, -0.2) is 4.98 Å². The Morgan fingerprint density at radius 2 is 1.90 bits per heavy atom. The average molecular weight is 299 g/mol. The number of aromatic nitrogens is 1. The van der Waals surface area contributed by atoms with Gasteiger partial charge in [0, 0.05) is 16.0 Å². The quantitative estimate of drug-likeness (QED) is 0.505. The van der Waals surface area contributed by atoms with Crippen molar-refractivity contribution in [3.05, 3.63) is 69.4 Å². The van der Waals surface area contributed by atoms with E-state index in [9.17, 15) is 10.1 Å². The van der Waals surface area contributed by atoms with E-state index < -0.39 is 4.92 Å². The molecule has 3 rings (SSSR count). The van der Waals surface area contributed by atoms with Gasteiger partial charge in [-0.15, -0.1) is 0 Å². The summed E-state index contributed by atoms with van der Waals surface area (Å²) in [7, 11) is 0. The first-order chi connectivity index (χ1) is 10.1. The normalized spacial score (nSPS) is 10.8. The lowest BCUT2D eigenvalue weighted by molar-refractivity contribution is -0.384. The molecule has 0 fully saturated rings. The molecule has 104 valence electrons. The van der Waals surface area contributed by atoms with E-state index in [0.717, 1.165) is 16.5 Å². The predicted molar refractivity (Wildman–Crippen MR) is 83.6 cm³/mol. The average Bonchev–Trinajstić information content (AvgIpc) is 2.47. The van der Waals surface area contributed by atoms with Crippen molar-refractivity contribution in [1.29, 1.82) is 0 Å². The Morgan fingerprint density at radius 1 is 1.14 bits per heavy atom. The highest BCUT2D eigenvalue weighted by molar-refractivity contribution is 6.34. The fourth-order valence-corrected chi connectivity index (χ4v) is 2.71. The second-order valence-electron chi connectivity index (χ2n) is 4.72. The van der Waals surface area contributed by atoms with Gasteiger partial charge < -0.3 is 0 Å². The summed E-state index contributed by atoms with van der Waals surface area (Å²) in [5.74, 6) is 0. The van der Waals surface area contributed by atoms with Crippen molar-refractivity contribution in [2.24, 2.45) is 0 Å². The van der Waals surface area contributed by atoms with Crippen molar-refractivity contribution >= 4 is 28.2 Å². The van der Waals surface area contributed by atoms with Crippen LogP contribution in [0.3, 0.4) is 0 Å². The summed E-state index contributed by atoms with van der Waals surface area (Å²) < 4.78 is 0. The molecule has 0 N–H and O–H groups in total. The van der Waals surface area contributed by atoms with Gasteiger partial charge in [0.25, 0.3) is 5.69 Å². The van der Waals surface area contributed by atoms with Crippen molar-refractivity contribution in [1.82, 2.24) is 4.98 Å². The Morgan fingerprint density at radius 3 is 2.62 bits per heavy atom. The fourth-order valence-electron chi connectivity index (χ4n) is 2.48. The molecular formula is C16H11ClN2O2. The van der Waals surface area contributed by atoms with Gasteiger partial charge in [-0.3, -0.25) is 10.1 Å². The van der Waals surface area contributed by atoms with Crippen molar-refractivity contribution in [2.75, 3.05) is 0 Å². The van der Waals surface area contributed by atoms with E-state index in [1.54, 1.807) is 18.2 Å². The van der Waals surface area contributed by atoms with Crippen molar-refractivity contribution in [2.45, 2.75) is 6.92 Å². The third kappa shape index (κ3) is 2.23. The molecule has 0 spiro atoms. The molecule has 0 aliphatic carbocycles. The zero-order chi connectivity index (χ0) is 15.0. The van der Waals surface area contributed by atoms with Crippen LogP contribution in [0.2, 0.25) is 5.02 Å². The summed E-state index contributed by atoms with van der Waals surface area (Å²) in [4.78, 5) is 15.2. The van der Waals surface area contributed by atoms with E-state index in [4.69, 9.17) is 11.6 Å². The van der Waals surface area contributed by atoms with Gasteiger partial charge >= 0.3 is 0 Å². The largest absolute Gasteiger partial charge is 0.296 e. The van der Waals surface area contributed by atoms with Crippen LogP contribution in [0.4, 0.5) is 5.69 Å². The number of hydrogen-bond acceptors (Lipinski definition) is 3. The van der Waals surface area contributed by atoms with E-state index in [2.05, 4.69) is 4.98 Å². The number of rotatable bonds is 2. The number of aryl methyl sites for hydroxylation is 1. The lowest BCUT2D eigenvalue weighted by Crippen LogP contribution is -1.96. The Bertz CT molecular complexity index is 862. The minimum atomic E-state index is -0.419. The van der Waals surface area contributed by atoms with E-state index in [-0.39, 0.29) is 5.69 Å². The standard InChI is InChI=1S/C16H11ClN2O2/c1-10-5-4-8-13-15(10)16(14(9-18-13)19(20)21)11-6-2-3-7-12(11)17/h2-9H,1H3. The molecule has 1 heterocycles. The number of benzene rings is 2. The minimum Gasteiger partial charge on any atom is -0.258 e. The smallest absolute Gasteiger partial charge is 0.258 e. The highest BCUT2D eigenvalue weighted by Crippen LogP contribution is 2.40. The van der Waals surface area contributed by atoms with E-state index in [0.29, 0.717) is 16.1 Å². The zero-order valence-electron chi connectivity index (χ0n) is 11.2. The van der Waals surface area contributed by atoms with Crippen molar-refractivity contribution < 1.29 is 4.92 Å². The number of pyridine rings is 1. The molecule has 21 heavy (non-hydrogen) atoms. The van der Waals surface area contributed by atoms with Crippen LogP contribution >= 0.6 is 11.6 Å². The molecule has 0 bridgehead atoms. The van der Waals surface area contributed by atoms with E-state index >= 15 is 0 Å². The SMILES string of the molecule is Cc1cccc2ncc([N+](=O)[O-])c(-c3ccccc3Cl)c12. The van der Waals surface area contributed by atoms with Gasteiger partial charge in [0.1, 0.15) is 6.20 Å². The van der Waals surface area contributed by atoms with Gasteiger partial charge in [-0.1, -0.05) is 41.9 Å². The van der Waals surface area contributed by atoms with E-state index in [1.807, 2.05) is 31.2 Å². The highest BCUT2D eigenvalue weighted by atomic mass is 35.5. The Kier molecular flexibility index (Phi) is 3.31. The molecule has 0 aliphatic rings. The van der Waals surface area contributed by atoms with Crippen molar-refractivity contribution in [3.8, 4) is 11.1 Å². The monoisotopic (exact) mass is 298 g/mol. The van der Waals surface area contributed by atoms with Crippen LogP contribution in [-0.2, 0) is 0 Å². The summed E-state index contributed by atoms with van der Waals surface area (Å²) in [5.41, 5.74) is 2.78.